The zero-order chi connectivity index (χ0) is 16.9. The monoisotopic (exact) mass is 380 g/mol. The second kappa shape index (κ2) is 9.27. The number of carbonyl (C=O) groups excluding carboxylic acids is 1. The molecule has 1 atom stereocenters. The summed E-state index contributed by atoms with van der Waals surface area (Å²) in [5.74, 6) is 2.24. The van der Waals surface area contributed by atoms with E-state index in [1.807, 2.05) is 54.6 Å². The Bertz CT molecular complexity index is 713. The van der Waals surface area contributed by atoms with Crippen LogP contribution in [-0.4, -0.2) is 39.8 Å². The lowest BCUT2D eigenvalue weighted by Crippen LogP contribution is -2.41. The van der Waals surface area contributed by atoms with Crippen LogP contribution in [0.3, 0.4) is 0 Å². The molecular formula is C18H25ClN4OS. The Labute approximate surface area is 159 Å². The van der Waals surface area contributed by atoms with Crippen LogP contribution >= 0.6 is 24.2 Å². The number of halogens is 1. The molecule has 5 nitrogen and oxygen atoms in total. The quantitative estimate of drug-likeness (QED) is 0.837. The summed E-state index contributed by atoms with van der Waals surface area (Å²) in [6.45, 7) is 5.54. The van der Waals surface area contributed by atoms with Gasteiger partial charge in [0.2, 0.25) is 5.91 Å². The van der Waals surface area contributed by atoms with E-state index >= 15 is 0 Å². The Balaban J connectivity index is 0.00000225. The van der Waals surface area contributed by atoms with Gasteiger partial charge in [0.25, 0.3) is 0 Å². The van der Waals surface area contributed by atoms with Gasteiger partial charge in [-0.1, -0.05) is 18.2 Å². The maximum absolute atomic E-state index is 12.2. The van der Waals surface area contributed by atoms with Crippen molar-refractivity contribution in [1.82, 2.24) is 20.4 Å². The first kappa shape index (κ1) is 19.8. The highest BCUT2D eigenvalue weighted by molar-refractivity contribution is 7.99. The normalized spacial score (nSPS) is 17.0. The maximum atomic E-state index is 12.2. The maximum Gasteiger partial charge on any atom is 0.221 e. The largest absolute Gasteiger partial charge is 0.352 e. The van der Waals surface area contributed by atoms with E-state index in [1.165, 1.54) is 0 Å². The lowest BCUT2D eigenvalue weighted by Gasteiger charge is -2.22. The number of amides is 1. The standard InChI is InChI=1S/C18H24N4OS.ClH/c1-13-9-14(2)22(21-13)17-6-4-3-5-15(17)11-20-18(23)10-16-12-24-8-7-19-16;/h3-6,9,16,19H,7-8,10-12H2,1-2H3,(H,20,23);1H. The molecule has 0 aliphatic carbocycles. The van der Waals surface area contributed by atoms with Crippen molar-refractivity contribution in [2.75, 3.05) is 18.1 Å². The summed E-state index contributed by atoms with van der Waals surface area (Å²) in [6.07, 6.45) is 0.537. The topological polar surface area (TPSA) is 59.0 Å². The highest BCUT2D eigenvalue weighted by Gasteiger charge is 2.17. The third-order valence-corrected chi connectivity index (χ3v) is 5.27. The number of rotatable bonds is 5. The number of aryl methyl sites for hydroxylation is 2. The molecule has 2 N–H and O–H groups in total. The predicted octanol–water partition coefficient (Wildman–Crippen LogP) is 2.62. The number of aromatic nitrogens is 2. The molecule has 25 heavy (non-hydrogen) atoms. The Morgan fingerprint density at radius 2 is 2.20 bits per heavy atom. The van der Waals surface area contributed by atoms with E-state index < -0.39 is 0 Å². The fraction of sp³-hybridized carbons (Fsp3) is 0.444. The number of para-hydroxylation sites is 1. The van der Waals surface area contributed by atoms with Crippen molar-refractivity contribution in [1.29, 1.82) is 0 Å². The molecule has 2 aromatic rings. The molecule has 7 heteroatoms. The van der Waals surface area contributed by atoms with Crippen LogP contribution in [0.1, 0.15) is 23.4 Å². The molecule has 1 saturated heterocycles. The van der Waals surface area contributed by atoms with Crippen molar-refractivity contribution in [3.8, 4) is 5.69 Å². The summed E-state index contributed by atoms with van der Waals surface area (Å²) in [4.78, 5) is 12.2. The number of thioether (sulfide) groups is 1. The van der Waals surface area contributed by atoms with E-state index in [4.69, 9.17) is 0 Å². The molecule has 2 heterocycles. The van der Waals surface area contributed by atoms with Crippen molar-refractivity contribution < 1.29 is 4.79 Å². The van der Waals surface area contributed by atoms with Gasteiger partial charge < -0.3 is 10.6 Å². The number of hydrogen-bond acceptors (Lipinski definition) is 4. The van der Waals surface area contributed by atoms with Gasteiger partial charge in [0.1, 0.15) is 0 Å². The fourth-order valence-corrected chi connectivity index (χ4v) is 3.93. The zero-order valence-corrected chi connectivity index (χ0v) is 16.3. The number of nitrogens with one attached hydrogen (secondary N) is 2. The molecule has 1 unspecified atom stereocenters. The van der Waals surface area contributed by atoms with Gasteiger partial charge in [-0.05, 0) is 31.5 Å². The van der Waals surface area contributed by atoms with Crippen LogP contribution in [-0.2, 0) is 11.3 Å². The molecule has 1 aromatic heterocycles. The smallest absolute Gasteiger partial charge is 0.221 e. The Morgan fingerprint density at radius 1 is 1.40 bits per heavy atom. The average molecular weight is 381 g/mol. The van der Waals surface area contributed by atoms with E-state index in [0.717, 1.165) is 40.7 Å². The summed E-state index contributed by atoms with van der Waals surface area (Å²) in [5, 5.41) is 11.0. The summed E-state index contributed by atoms with van der Waals surface area (Å²) < 4.78 is 1.94. The predicted molar refractivity (Wildman–Crippen MR) is 106 cm³/mol. The minimum absolute atomic E-state index is 0. The van der Waals surface area contributed by atoms with Crippen LogP contribution in [0.25, 0.3) is 5.69 Å². The first-order valence-corrected chi connectivity index (χ1v) is 9.48. The van der Waals surface area contributed by atoms with Crippen molar-refractivity contribution in [3.63, 3.8) is 0 Å². The lowest BCUT2D eigenvalue weighted by molar-refractivity contribution is -0.121. The molecule has 1 aromatic carbocycles. The Morgan fingerprint density at radius 3 is 2.88 bits per heavy atom. The molecule has 3 rings (SSSR count). The number of hydrogen-bond donors (Lipinski definition) is 2. The van der Waals surface area contributed by atoms with Gasteiger partial charge in [0.15, 0.2) is 0 Å². The molecule has 136 valence electrons. The van der Waals surface area contributed by atoms with Gasteiger partial charge in [0, 0.05) is 42.8 Å². The molecule has 0 radical (unpaired) electrons. The molecular weight excluding hydrogens is 356 g/mol. The van der Waals surface area contributed by atoms with Gasteiger partial charge in [-0.25, -0.2) is 4.68 Å². The third kappa shape index (κ3) is 5.23. The van der Waals surface area contributed by atoms with Crippen LogP contribution in [0.4, 0.5) is 0 Å². The van der Waals surface area contributed by atoms with Gasteiger partial charge in [-0.3, -0.25) is 4.79 Å². The fourth-order valence-electron chi connectivity index (χ4n) is 2.98. The second-order valence-electron chi connectivity index (χ2n) is 6.17. The van der Waals surface area contributed by atoms with Crippen molar-refractivity contribution in [2.24, 2.45) is 0 Å². The summed E-state index contributed by atoms with van der Waals surface area (Å²) in [5.41, 5.74) is 4.18. The molecule has 0 spiro atoms. The summed E-state index contributed by atoms with van der Waals surface area (Å²) >= 11 is 1.91. The van der Waals surface area contributed by atoms with Crippen LogP contribution in [0, 0.1) is 13.8 Å². The zero-order valence-electron chi connectivity index (χ0n) is 14.6. The molecule has 0 bridgehead atoms. The molecule has 1 amide bonds. The summed E-state index contributed by atoms with van der Waals surface area (Å²) in [6, 6.07) is 10.4. The van der Waals surface area contributed by atoms with E-state index in [2.05, 4.69) is 21.8 Å². The number of benzene rings is 1. The van der Waals surface area contributed by atoms with Crippen LogP contribution in [0.5, 0.6) is 0 Å². The number of nitrogens with zero attached hydrogens (tertiary/aromatic N) is 2. The van der Waals surface area contributed by atoms with Gasteiger partial charge >= 0.3 is 0 Å². The molecule has 1 fully saturated rings. The minimum atomic E-state index is 0. The van der Waals surface area contributed by atoms with E-state index in [9.17, 15) is 4.79 Å². The summed E-state index contributed by atoms with van der Waals surface area (Å²) in [7, 11) is 0. The van der Waals surface area contributed by atoms with E-state index in [0.29, 0.717) is 13.0 Å². The first-order valence-electron chi connectivity index (χ1n) is 8.33. The second-order valence-corrected chi connectivity index (χ2v) is 7.32. The van der Waals surface area contributed by atoms with Crippen LogP contribution in [0.15, 0.2) is 30.3 Å². The van der Waals surface area contributed by atoms with Crippen molar-refractivity contribution in [3.05, 3.63) is 47.3 Å². The van der Waals surface area contributed by atoms with Gasteiger partial charge in [0.05, 0.1) is 11.4 Å². The molecule has 0 saturated carbocycles. The van der Waals surface area contributed by atoms with E-state index in [1.54, 1.807) is 0 Å². The van der Waals surface area contributed by atoms with Crippen LogP contribution < -0.4 is 10.6 Å². The SMILES string of the molecule is Cc1cc(C)n(-c2ccccc2CNC(=O)CC2CSCCN2)n1.Cl. The third-order valence-electron chi connectivity index (χ3n) is 4.14. The van der Waals surface area contributed by atoms with Crippen LogP contribution in [0.2, 0.25) is 0 Å². The Kier molecular flexibility index (Phi) is 7.35. The highest BCUT2D eigenvalue weighted by Crippen LogP contribution is 2.17. The molecule has 1 aliphatic rings. The number of carbonyl (C=O) groups is 1. The van der Waals surface area contributed by atoms with Gasteiger partial charge in [-0.15, -0.1) is 12.4 Å². The Hall–Kier alpha value is -1.50. The molecule has 1 aliphatic heterocycles. The average Bonchev–Trinajstić information content (AvgIpc) is 2.92. The van der Waals surface area contributed by atoms with Gasteiger partial charge in [-0.2, -0.15) is 16.9 Å². The van der Waals surface area contributed by atoms with Crippen molar-refractivity contribution in [2.45, 2.75) is 32.9 Å². The van der Waals surface area contributed by atoms with Crippen molar-refractivity contribution >= 4 is 30.1 Å². The lowest BCUT2D eigenvalue weighted by atomic mass is 10.1. The minimum Gasteiger partial charge on any atom is -0.352 e. The first-order chi connectivity index (χ1) is 11.6. The van der Waals surface area contributed by atoms with E-state index in [-0.39, 0.29) is 24.4 Å². The highest BCUT2D eigenvalue weighted by atomic mass is 35.5.